The van der Waals surface area contributed by atoms with Gasteiger partial charge in [0.25, 0.3) is 0 Å². The lowest BCUT2D eigenvalue weighted by Crippen LogP contribution is -2.65. The van der Waals surface area contributed by atoms with Crippen molar-refractivity contribution in [1.82, 2.24) is 0 Å². The fourth-order valence-electron chi connectivity index (χ4n) is 10.9. The van der Waals surface area contributed by atoms with E-state index in [1.54, 1.807) is 0 Å². The molecule has 5 aliphatic carbocycles. The summed E-state index contributed by atoms with van der Waals surface area (Å²) in [5.41, 5.74) is 0.663. The molecule has 196 valence electrons. The molecule has 4 saturated carbocycles. The standard InChI is InChI=1S/C31H48O4/c1-26(2)12-14-31(25(34)35)15-13-29(6)20(21(31)17-26)8-9-23-28(5)16-19(18-32)24(33)27(3,4)22(28)10-11-30(23,29)7/h8,19,21-23,32H,9-18H2,1-7H3,(H,34,35)/t19?,21?,22?,23?,28-,29+,30+,31?/m0/s1. The average molecular weight is 485 g/mol. The Kier molecular flexibility index (Phi) is 5.43. The van der Waals surface area contributed by atoms with Crippen molar-refractivity contribution in [3.8, 4) is 0 Å². The molecule has 0 aromatic carbocycles. The lowest BCUT2D eigenvalue weighted by Gasteiger charge is -2.71. The highest BCUT2D eigenvalue weighted by Gasteiger charge is 2.70. The number of hydrogen-bond donors (Lipinski definition) is 2. The summed E-state index contributed by atoms with van der Waals surface area (Å²) in [6.45, 7) is 16.2. The summed E-state index contributed by atoms with van der Waals surface area (Å²) in [6.07, 6.45) is 10.9. The van der Waals surface area contributed by atoms with Crippen LogP contribution in [0.4, 0.5) is 0 Å². The van der Waals surface area contributed by atoms with E-state index in [-0.39, 0.29) is 45.9 Å². The van der Waals surface area contributed by atoms with Crippen LogP contribution in [-0.2, 0) is 9.59 Å². The molecule has 0 amide bonds. The number of carboxylic acids is 1. The lowest BCUT2D eigenvalue weighted by atomic mass is 9.33. The number of carboxylic acid groups (broad SMARTS) is 1. The van der Waals surface area contributed by atoms with Crippen LogP contribution in [0.3, 0.4) is 0 Å². The molecule has 35 heavy (non-hydrogen) atoms. The third-order valence-corrected chi connectivity index (χ3v) is 13.1. The Bertz CT molecular complexity index is 976. The second-order valence-electron chi connectivity index (χ2n) is 15.3. The van der Waals surface area contributed by atoms with Crippen molar-refractivity contribution in [3.63, 3.8) is 0 Å². The van der Waals surface area contributed by atoms with Gasteiger partial charge in [0.05, 0.1) is 12.0 Å². The maximum atomic E-state index is 13.3. The minimum Gasteiger partial charge on any atom is -0.481 e. The van der Waals surface area contributed by atoms with Crippen molar-refractivity contribution >= 4 is 11.8 Å². The molecule has 0 radical (unpaired) electrons. The molecule has 0 aromatic heterocycles. The van der Waals surface area contributed by atoms with Crippen LogP contribution < -0.4 is 0 Å². The van der Waals surface area contributed by atoms with Crippen LogP contribution in [0.5, 0.6) is 0 Å². The van der Waals surface area contributed by atoms with E-state index in [4.69, 9.17) is 0 Å². The molecule has 5 rings (SSSR count). The molecule has 0 spiro atoms. The number of hydrogen-bond acceptors (Lipinski definition) is 3. The highest BCUT2D eigenvalue weighted by molar-refractivity contribution is 5.88. The molecule has 4 nitrogen and oxygen atoms in total. The van der Waals surface area contributed by atoms with Crippen LogP contribution in [0.1, 0.15) is 106 Å². The molecular formula is C31H48O4. The van der Waals surface area contributed by atoms with E-state index in [2.05, 4.69) is 54.5 Å². The van der Waals surface area contributed by atoms with E-state index in [0.29, 0.717) is 11.8 Å². The molecule has 0 aliphatic heterocycles. The zero-order valence-electron chi connectivity index (χ0n) is 23.2. The number of allylic oxidation sites excluding steroid dienone is 2. The first-order valence-corrected chi connectivity index (χ1v) is 14.2. The highest BCUT2D eigenvalue weighted by Crippen LogP contribution is 2.75. The van der Waals surface area contributed by atoms with Crippen LogP contribution in [-0.4, -0.2) is 28.6 Å². The fourth-order valence-corrected chi connectivity index (χ4v) is 10.9. The summed E-state index contributed by atoms with van der Waals surface area (Å²) >= 11 is 0. The first-order valence-electron chi connectivity index (χ1n) is 14.2. The molecule has 4 fully saturated rings. The van der Waals surface area contributed by atoms with E-state index < -0.39 is 16.8 Å². The summed E-state index contributed by atoms with van der Waals surface area (Å²) in [5, 5.41) is 20.7. The van der Waals surface area contributed by atoms with Crippen molar-refractivity contribution in [1.29, 1.82) is 0 Å². The normalized spacial score (nSPS) is 50.2. The van der Waals surface area contributed by atoms with Gasteiger partial charge in [-0.2, -0.15) is 0 Å². The number of carbonyl (C=O) groups is 2. The summed E-state index contributed by atoms with van der Waals surface area (Å²) in [7, 11) is 0. The van der Waals surface area contributed by atoms with Crippen LogP contribution in [0.15, 0.2) is 11.6 Å². The topological polar surface area (TPSA) is 74.6 Å². The first kappa shape index (κ1) is 25.5. The predicted molar refractivity (Wildman–Crippen MR) is 138 cm³/mol. The van der Waals surface area contributed by atoms with Gasteiger partial charge in [-0.25, -0.2) is 0 Å². The second-order valence-corrected chi connectivity index (χ2v) is 15.3. The van der Waals surface area contributed by atoms with Crippen LogP contribution in [0.25, 0.3) is 0 Å². The Hall–Kier alpha value is -1.16. The summed E-state index contributed by atoms with van der Waals surface area (Å²) in [4.78, 5) is 26.1. The van der Waals surface area contributed by atoms with Gasteiger partial charge < -0.3 is 10.2 Å². The maximum Gasteiger partial charge on any atom is 0.310 e. The molecule has 0 aromatic rings. The third kappa shape index (κ3) is 3.07. The van der Waals surface area contributed by atoms with Gasteiger partial charge in [-0.05, 0) is 97.2 Å². The minimum absolute atomic E-state index is 0.00395. The molecule has 5 unspecified atom stereocenters. The number of fused-ring (bicyclic) bond motifs is 7. The summed E-state index contributed by atoms with van der Waals surface area (Å²) in [6, 6.07) is 0. The Morgan fingerprint density at radius 2 is 1.60 bits per heavy atom. The Labute approximate surface area is 212 Å². The Morgan fingerprint density at radius 3 is 2.23 bits per heavy atom. The second kappa shape index (κ2) is 7.45. The molecule has 4 heteroatoms. The van der Waals surface area contributed by atoms with Crippen LogP contribution in [0, 0.1) is 56.2 Å². The van der Waals surface area contributed by atoms with Crippen LogP contribution in [0.2, 0.25) is 0 Å². The Morgan fingerprint density at radius 1 is 0.943 bits per heavy atom. The van der Waals surface area contributed by atoms with Crippen molar-refractivity contribution in [3.05, 3.63) is 11.6 Å². The zero-order valence-corrected chi connectivity index (χ0v) is 23.2. The smallest absolute Gasteiger partial charge is 0.310 e. The van der Waals surface area contributed by atoms with Crippen molar-refractivity contribution in [2.45, 2.75) is 106 Å². The van der Waals surface area contributed by atoms with E-state index >= 15 is 0 Å². The molecule has 0 heterocycles. The van der Waals surface area contributed by atoms with E-state index in [0.717, 1.165) is 57.8 Å². The maximum absolute atomic E-state index is 13.3. The van der Waals surface area contributed by atoms with Gasteiger partial charge in [0.1, 0.15) is 5.78 Å². The zero-order chi connectivity index (χ0) is 25.8. The number of aliphatic hydroxyl groups is 1. The van der Waals surface area contributed by atoms with Gasteiger partial charge in [0.2, 0.25) is 0 Å². The Balaban J connectivity index is 1.61. The number of carbonyl (C=O) groups excluding carboxylic acids is 1. The van der Waals surface area contributed by atoms with Gasteiger partial charge in [-0.15, -0.1) is 0 Å². The molecule has 2 N–H and O–H groups in total. The number of rotatable bonds is 2. The number of Topliss-reactive ketones (excluding diaryl/α,β-unsaturated/α-hetero) is 1. The van der Waals surface area contributed by atoms with Crippen LogP contribution >= 0.6 is 0 Å². The third-order valence-electron chi connectivity index (χ3n) is 13.1. The fraction of sp³-hybridized carbons (Fsp3) is 0.871. The largest absolute Gasteiger partial charge is 0.481 e. The molecule has 5 aliphatic rings. The van der Waals surface area contributed by atoms with Crippen molar-refractivity contribution < 1.29 is 19.8 Å². The van der Waals surface area contributed by atoms with E-state index in [1.165, 1.54) is 5.57 Å². The predicted octanol–water partition coefficient (Wildman–Crippen LogP) is 6.66. The van der Waals surface area contributed by atoms with Gasteiger partial charge in [0.15, 0.2) is 0 Å². The quantitative estimate of drug-likeness (QED) is 0.430. The summed E-state index contributed by atoms with van der Waals surface area (Å²) in [5.74, 6) is 0.298. The van der Waals surface area contributed by atoms with Gasteiger partial charge in [-0.3, -0.25) is 9.59 Å². The average Bonchev–Trinajstić information content (AvgIpc) is 2.76. The molecule has 0 bridgehead atoms. The number of aliphatic carboxylic acids is 1. The number of aliphatic hydroxyl groups excluding tert-OH is 1. The first-order chi connectivity index (χ1) is 16.1. The van der Waals surface area contributed by atoms with Gasteiger partial charge >= 0.3 is 5.97 Å². The highest BCUT2D eigenvalue weighted by atomic mass is 16.4. The van der Waals surface area contributed by atoms with E-state index in [1.807, 2.05) is 0 Å². The lowest BCUT2D eigenvalue weighted by molar-refractivity contribution is -0.196. The monoisotopic (exact) mass is 484 g/mol. The van der Waals surface area contributed by atoms with Gasteiger partial charge in [-0.1, -0.05) is 60.1 Å². The SMILES string of the molecule is CC1(C)CCC2(C(=O)O)CC[C@]3(C)C(=CCC4[C@@]5(C)CC(CO)C(=O)C(C)(C)C5CC[C@]43C)C2C1. The molecular weight excluding hydrogens is 436 g/mol. The molecule has 0 saturated heterocycles. The minimum atomic E-state index is -0.605. The number of ketones is 1. The summed E-state index contributed by atoms with van der Waals surface area (Å²) < 4.78 is 0. The molecule has 8 atom stereocenters. The van der Waals surface area contributed by atoms with E-state index in [9.17, 15) is 19.8 Å². The van der Waals surface area contributed by atoms with Crippen molar-refractivity contribution in [2.75, 3.05) is 6.61 Å². The van der Waals surface area contributed by atoms with Gasteiger partial charge in [0, 0.05) is 11.3 Å². The van der Waals surface area contributed by atoms with Crippen molar-refractivity contribution in [2.24, 2.45) is 56.2 Å².